The first kappa shape index (κ1) is 8.95. The minimum Gasteiger partial charge on any atom is -0.384 e. The standard InChI is InChI=1S/C8H14N2/c1-4-6-8(9)10-7(3)5-2/h4-6H,1-3H3,(H2,9,10)/b6-4-,7-5?. The van der Waals surface area contributed by atoms with Crippen LogP contribution in [-0.4, -0.2) is 5.84 Å². The van der Waals surface area contributed by atoms with Crippen molar-refractivity contribution in [2.75, 3.05) is 0 Å². The molecule has 10 heavy (non-hydrogen) atoms. The minimum absolute atomic E-state index is 0.554. The van der Waals surface area contributed by atoms with E-state index in [9.17, 15) is 0 Å². The lowest BCUT2D eigenvalue weighted by Crippen LogP contribution is -2.07. The van der Waals surface area contributed by atoms with Crippen molar-refractivity contribution >= 4 is 5.84 Å². The third-order valence-corrected chi connectivity index (χ3v) is 1.06. The third-order valence-electron chi connectivity index (χ3n) is 1.06. The molecule has 0 aliphatic rings. The summed E-state index contributed by atoms with van der Waals surface area (Å²) in [5.74, 6) is 0.554. The summed E-state index contributed by atoms with van der Waals surface area (Å²) in [4.78, 5) is 4.05. The van der Waals surface area contributed by atoms with Crippen molar-refractivity contribution in [1.29, 1.82) is 0 Å². The van der Waals surface area contributed by atoms with Crippen LogP contribution in [0.15, 0.2) is 28.9 Å². The summed E-state index contributed by atoms with van der Waals surface area (Å²) in [5.41, 5.74) is 6.42. The summed E-state index contributed by atoms with van der Waals surface area (Å²) in [5, 5.41) is 0. The van der Waals surface area contributed by atoms with Gasteiger partial charge in [0.25, 0.3) is 0 Å². The van der Waals surface area contributed by atoms with Crippen molar-refractivity contribution in [1.82, 2.24) is 0 Å². The fourth-order valence-electron chi connectivity index (χ4n) is 0.476. The zero-order valence-corrected chi connectivity index (χ0v) is 6.76. The van der Waals surface area contributed by atoms with Gasteiger partial charge in [-0.25, -0.2) is 4.99 Å². The van der Waals surface area contributed by atoms with Gasteiger partial charge >= 0.3 is 0 Å². The maximum Gasteiger partial charge on any atom is 0.123 e. The molecule has 0 spiro atoms. The Balaban J connectivity index is 4.16. The molecule has 2 N–H and O–H groups in total. The monoisotopic (exact) mass is 138 g/mol. The van der Waals surface area contributed by atoms with Crippen LogP contribution in [0.4, 0.5) is 0 Å². The second-order valence-electron chi connectivity index (χ2n) is 1.97. The number of hydrogen-bond acceptors (Lipinski definition) is 1. The van der Waals surface area contributed by atoms with Gasteiger partial charge in [-0.15, -0.1) is 0 Å². The van der Waals surface area contributed by atoms with Crippen LogP contribution >= 0.6 is 0 Å². The molecule has 0 heterocycles. The predicted molar refractivity (Wildman–Crippen MR) is 45.9 cm³/mol. The third kappa shape index (κ3) is 3.89. The van der Waals surface area contributed by atoms with Crippen LogP contribution in [-0.2, 0) is 0 Å². The molecule has 0 aliphatic heterocycles. The van der Waals surface area contributed by atoms with Crippen LogP contribution in [0.3, 0.4) is 0 Å². The quantitative estimate of drug-likeness (QED) is 0.459. The van der Waals surface area contributed by atoms with Gasteiger partial charge in [-0.2, -0.15) is 0 Å². The summed E-state index contributed by atoms with van der Waals surface area (Å²) in [6.45, 7) is 5.76. The van der Waals surface area contributed by atoms with E-state index in [4.69, 9.17) is 5.73 Å². The molecule has 0 unspecified atom stereocenters. The summed E-state index contributed by atoms with van der Waals surface area (Å²) in [7, 11) is 0. The van der Waals surface area contributed by atoms with Gasteiger partial charge in [0.05, 0.1) is 0 Å². The first-order valence-corrected chi connectivity index (χ1v) is 3.30. The molecule has 0 saturated heterocycles. The first-order chi connectivity index (χ1) is 4.70. The van der Waals surface area contributed by atoms with Gasteiger partial charge in [0.2, 0.25) is 0 Å². The number of nitrogens with two attached hydrogens (primary N) is 1. The molecule has 0 aliphatic carbocycles. The normalized spacial score (nSPS) is 14.7. The number of allylic oxidation sites excluding steroid dienone is 3. The van der Waals surface area contributed by atoms with Crippen molar-refractivity contribution < 1.29 is 0 Å². The molecule has 0 amide bonds. The molecule has 0 aromatic carbocycles. The van der Waals surface area contributed by atoms with E-state index in [2.05, 4.69) is 4.99 Å². The smallest absolute Gasteiger partial charge is 0.123 e. The molecular formula is C8H14N2. The largest absolute Gasteiger partial charge is 0.384 e. The van der Waals surface area contributed by atoms with Gasteiger partial charge < -0.3 is 5.73 Å². The summed E-state index contributed by atoms with van der Waals surface area (Å²) < 4.78 is 0. The van der Waals surface area contributed by atoms with Crippen molar-refractivity contribution in [3.05, 3.63) is 23.9 Å². The average molecular weight is 138 g/mol. The van der Waals surface area contributed by atoms with Gasteiger partial charge in [0.15, 0.2) is 0 Å². The molecule has 0 bridgehead atoms. The van der Waals surface area contributed by atoms with Crippen LogP contribution in [0.2, 0.25) is 0 Å². The van der Waals surface area contributed by atoms with E-state index < -0.39 is 0 Å². The molecule has 0 saturated carbocycles. The molecule has 0 aromatic rings. The molecule has 2 heteroatoms. The predicted octanol–water partition coefficient (Wildman–Crippen LogP) is 1.84. The zero-order chi connectivity index (χ0) is 7.98. The van der Waals surface area contributed by atoms with Gasteiger partial charge in [0, 0.05) is 5.70 Å². The maximum absolute atomic E-state index is 5.48. The molecular weight excluding hydrogens is 124 g/mol. The van der Waals surface area contributed by atoms with Gasteiger partial charge in [-0.05, 0) is 26.8 Å². The summed E-state index contributed by atoms with van der Waals surface area (Å²) in [6, 6.07) is 0. The van der Waals surface area contributed by atoms with Crippen molar-refractivity contribution in [3.8, 4) is 0 Å². The zero-order valence-electron chi connectivity index (χ0n) is 6.76. The van der Waals surface area contributed by atoms with E-state index in [1.54, 1.807) is 6.08 Å². The van der Waals surface area contributed by atoms with Gasteiger partial charge in [0.1, 0.15) is 5.84 Å². The molecule has 0 aromatic heterocycles. The summed E-state index contributed by atoms with van der Waals surface area (Å²) in [6.07, 6.45) is 5.55. The van der Waals surface area contributed by atoms with Crippen LogP contribution in [0.1, 0.15) is 20.8 Å². The van der Waals surface area contributed by atoms with Crippen molar-refractivity contribution in [2.24, 2.45) is 10.7 Å². The summed E-state index contributed by atoms with van der Waals surface area (Å²) >= 11 is 0. The topological polar surface area (TPSA) is 38.4 Å². The highest BCUT2D eigenvalue weighted by Gasteiger charge is 1.82. The van der Waals surface area contributed by atoms with Crippen molar-refractivity contribution in [2.45, 2.75) is 20.8 Å². The molecule has 0 fully saturated rings. The lowest BCUT2D eigenvalue weighted by Gasteiger charge is -1.91. The van der Waals surface area contributed by atoms with Gasteiger partial charge in [-0.3, -0.25) is 0 Å². The van der Waals surface area contributed by atoms with E-state index in [1.807, 2.05) is 32.9 Å². The molecule has 0 atom stereocenters. The Labute approximate surface area is 62.1 Å². The Morgan fingerprint density at radius 2 is 2.00 bits per heavy atom. The second kappa shape index (κ2) is 4.79. The highest BCUT2D eigenvalue weighted by Crippen LogP contribution is 1.92. The van der Waals surface area contributed by atoms with E-state index in [0.717, 1.165) is 5.70 Å². The van der Waals surface area contributed by atoms with E-state index in [-0.39, 0.29) is 0 Å². The Bertz CT molecular complexity index is 176. The Morgan fingerprint density at radius 1 is 1.40 bits per heavy atom. The number of hydrogen-bond donors (Lipinski definition) is 1. The molecule has 2 nitrogen and oxygen atoms in total. The Kier molecular flexibility index (Phi) is 4.29. The van der Waals surface area contributed by atoms with Gasteiger partial charge in [-0.1, -0.05) is 12.2 Å². The maximum atomic E-state index is 5.48. The van der Waals surface area contributed by atoms with Crippen LogP contribution < -0.4 is 5.73 Å². The highest BCUT2D eigenvalue weighted by atomic mass is 14.8. The Morgan fingerprint density at radius 3 is 2.40 bits per heavy atom. The number of amidine groups is 1. The molecule has 0 rings (SSSR count). The molecule has 56 valence electrons. The van der Waals surface area contributed by atoms with E-state index >= 15 is 0 Å². The molecule has 0 radical (unpaired) electrons. The van der Waals surface area contributed by atoms with Crippen molar-refractivity contribution in [3.63, 3.8) is 0 Å². The number of aliphatic imine (C=N–C) groups is 1. The lowest BCUT2D eigenvalue weighted by atomic mass is 10.4. The fraction of sp³-hybridized carbons (Fsp3) is 0.375. The first-order valence-electron chi connectivity index (χ1n) is 3.30. The minimum atomic E-state index is 0.554. The Hall–Kier alpha value is -1.05. The number of rotatable bonds is 2. The second-order valence-corrected chi connectivity index (χ2v) is 1.97. The van der Waals surface area contributed by atoms with Crippen LogP contribution in [0.25, 0.3) is 0 Å². The average Bonchev–Trinajstić information content (AvgIpc) is 1.88. The number of nitrogens with zero attached hydrogens (tertiary/aromatic N) is 1. The highest BCUT2D eigenvalue weighted by molar-refractivity contribution is 5.91. The van der Waals surface area contributed by atoms with E-state index in [0.29, 0.717) is 5.84 Å². The fourth-order valence-corrected chi connectivity index (χ4v) is 0.476. The van der Waals surface area contributed by atoms with E-state index in [1.165, 1.54) is 0 Å². The van der Waals surface area contributed by atoms with Crippen LogP contribution in [0, 0.1) is 0 Å². The SMILES string of the molecule is CC=C(C)N=C(N)/C=C\C. The van der Waals surface area contributed by atoms with Crippen LogP contribution in [0.5, 0.6) is 0 Å². The lowest BCUT2D eigenvalue weighted by molar-refractivity contribution is 1.27.